The van der Waals surface area contributed by atoms with Crippen molar-refractivity contribution in [3.05, 3.63) is 0 Å². The first kappa shape index (κ1) is 9.00. The van der Waals surface area contributed by atoms with Gasteiger partial charge in [-0.25, -0.2) is 0 Å². The van der Waals surface area contributed by atoms with E-state index in [4.69, 9.17) is 5.73 Å². The van der Waals surface area contributed by atoms with E-state index < -0.39 is 0 Å². The summed E-state index contributed by atoms with van der Waals surface area (Å²) in [6, 6.07) is 0.324. The SMILES string of the molecule is NC1CCN(C(=O)CC2CC2)CC1. The summed E-state index contributed by atoms with van der Waals surface area (Å²) in [7, 11) is 0. The highest BCUT2D eigenvalue weighted by atomic mass is 16.2. The van der Waals surface area contributed by atoms with Gasteiger partial charge in [0.05, 0.1) is 0 Å². The van der Waals surface area contributed by atoms with Crippen LogP contribution in [-0.2, 0) is 4.79 Å². The Bertz CT molecular complexity index is 193. The molecule has 1 heterocycles. The summed E-state index contributed by atoms with van der Waals surface area (Å²) in [5, 5.41) is 0. The van der Waals surface area contributed by atoms with E-state index in [-0.39, 0.29) is 0 Å². The molecule has 2 aliphatic rings. The van der Waals surface area contributed by atoms with Gasteiger partial charge in [-0.3, -0.25) is 4.79 Å². The van der Waals surface area contributed by atoms with Gasteiger partial charge in [-0.2, -0.15) is 0 Å². The number of likely N-dealkylation sites (tertiary alicyclic amines) is 1. The van der Waals surface area contributed by atoms with Crippen LogP contribution in [0.3, 0.4) is 0 Å². The van der Waals surface area contributed by atoms with Crippen LogP contribution in [0.25, 0.3) is 0 Å². The van der Waals surface area contributed by atoms with E-state index in [1.54, 1.807) is 0 Å². The Balaban J connectivity index is 1.75. The number of amides is 1. The number of carbonyl (C=O) groups excluding carboxylic acids is 1. The van der Waals surface area contributed by atoms with Crippen molar-refractivity contribution in [2.75, 3.05) is 13.1 Å². The summed E-state index contributed by atoms with van der Waals surface area (Å²) < 4.78 is 0. The van der Waals surface area contributed by atoms with Gasteiger partial charge in [0.2, 0.25) is 5.91 Å². The van der Waals surface area contributed by atoms with Crippen molar-refractivity contribution in [2.24, 2.45) is 11.7 Å². The maximum Gasteiger partial charge on any atom is 0.222 e. The average Bonchev–Trinajstić information content (AvgIpc) is 2.89. The molecule has 0 radical (unpaired) electrons. The third-order valence-electron chi connectivity index (χ3n) is 3.05. The summed E-state index contributed by atoms with van der Waals surface area (Å²) >= 11 is 0. The molecule has 0 atom stereocenters. The molecule has 0 aromatic carbocycles. The molecule has 3 heteroatoms. The fourth-order valence-electron chi connectivity index (χ4n) is 1.85. The van der Waals surface area contributed by atoms with Crippen LogP contribution >= 0.6 is 0 Å². The van der Waals surface area contributed by atoms with E-state index in [0.29, 0.717) is 17.9 Å². The summed E-state index contributed by atoms with van der Waals surface area (Å²) in [6.45, 7) is 1.76. The Labute approximate surface area is 79.3 Å². The van der Waals surface area contributed by atoms with Gasteiger partial charge in [-0.05, 0) is 31.6 Å². The number of nitrogens with two attached hydrogens (primary N) is 1. The molecule has 2 fully saturated rings. The van der Waals surface area contributed by atoms with Crippen molar-refractivity contribution in [1.29, 1.82) is 0 Å². The van der Waals surface area contributed by atoms with Crippen LogP contribution in [0.15, 0.2) is 0 Å². The Morgan fingerprint density at radius 2 is 1.85 bits per heavy atom. The maximum absolute atomic E-state index is 11.6. The molecule has 3 nitrogen and oxygen atoms in total. The van der Waals surface area contributed by atoms with E-state index in [9.17, 15) is 4.79 Å². The number of hydrogen-bond donors (Lipinski definition) is 1. The van der Waals surface area contributed by atoms with Crippen LogP contribution in [-0.4, -0.2) is 29.9 Å². The second-order valence-corrected chi connectivity index (χ2v) is 4.37. The molecular formula is C10H18N2O. The minimum absolute atomic E-state index is 0.324. The second-order valence-electron chi connectivity index (χ2n) is 4.37. The van der Waals surface area contributed by atoms with Crippen molar-refractivity contribution in [3.63, 3.8) is 0 Å². The first-order chi connectivity index (χ1) is 6.25. The summed E-state index contributed by atoms with van der Waals surface area (Å²) in [6.07, 6.45) is 5.28. The average molecular weight is 182 g/mol. The predicted octanol–water partition coefficient (Wildman–Crippen LogP) is 0.736. The number of rotatable bonds is 2. The Morgan fingerprint density at radius 1 is 1.23 bits per heavy atom. The molecule has 1 aliphatic heterocycles. The van der Waals surface area contributed by atoms with E-state index in [1.807, 2.05) is 4.90 Å². The van der Waals surface area contributed by atoms with Crippen LogP contribution in [0.2, 0.25) is 0 Å². The van der Waals surface area contributed by atoms with Gasteiger partial charge in [-0.1, -0.05) is 0 Å². The molecule has 1 saturated carbocycles. The zero-order valence-corrected chi connectivity index (χ0v) is 8.04. The first-order valence-electron chi connectivity index (χ1n) is 5.29. The minimum atomic E-state index is 0.324. The monoisotopic (exact) mass is 182 g/mol. The molecular weight excluding hydrogens is 164 g/mol. The van der Waals surface area contributed by atoms with Gasteiger partial charge in [-0.15, -0.1) is 0 Å². The Kier molecular flexibility index (Phi) is 2.54. The standard InChI is InChI=1S/C10H18N2O/c11-9-3-5-12(6-4-9)10(13)7-8-1-2-8/h8-9H,1-7,11H2. The molecule has 0 spiro atoms. The van der Waals surface area contributed by atoms with Gasteiger partial charge in [0.25, 0.3) is 0 Å². The number of nitrogens with zero attached hydrogens (tertiary/aromatic N) is 1. The maximum atomic E-state index is 11.6. The summed E-state index contributed by atoms with van der Waals surface area (Å²) in [5.74, 6) is 1.07. The molecule has 0 aromatic heterocycles. The molecule has 1 saturated heterocycles. The van der Waals surface area contributed by atoms with E-state index in [0.717, 1.165) is 32.4 Å². The Morgan fingerprint density at radius 3 is 2.38 bits per heavy atom. The van der Waals surface area contributed by atoms with Crippen molar-refractivity contribution in [3.8, 4) is 0 Å². The molecule has 0 unspecified atom stereocenters. The van der Waals surface area contributed by atoms with Gasteiger partial charge in [0, 0.05) is 25.6 Å². The van der Waals surface area contributed by atoms with E-state index in [2.05, 4.69) is 0 Å². The van der Waals surface area contributed by atoms with Crippen molar-refractivity contribution >= 4 is 5.91 Å². The molecule has 2 rings (SSSR count). The highest BCUT2D eigenvalue weighted by molar-refractivity contribution is 5.76. The summed E-state index contributed by atoms with van der Waals surface area (Å²) in [4.78, 5) is 13.6. The highest BCUT2D eigenvalue weighted by Gasteiger charge is 2.28. The zero-order valence-electron chi connectivity index (χ0n) is 8.04. The second kappa shape index (κ2) is 3.66. The van der Waals surface area contributed by atoms with Crippen LogP contribution in [0.4, 0.5) is 0 Å². The fraction of sp³-hybridized carbons (Fsp3) is 0.900. The van der Waals surface area contributed by atoms with Crippen molar-refractivity contribution in [2.45, 2.75) is 38.1 Å². The zero-order chi connectivity index (χ0) is 9.26. The third kappa shape index (κ3) is 2.44. The van der Waals surface area contributed by atoms with E-state index >= 15 is 0 Å². The van der Waals surface area contributed by atoms with Crippen LogP contribution in [0, 0.1) is 5.92 Å². The molecule has 0 bridgehead atoms. The third-order valence-corrected chi connectivity index (χ3v) is 3.05. The largest absolute Gasteiger partial charge is 0.343 e. The molecule has 0 aromatic rings. The quantitative estimate of drug-likeness (QED) is 0.684. The molecule has 1 aliphatic carbocycles. The summed E-state index contributed by atoms with van der Waals surface area (Å²) in [5.41, 5.74) is 5.77. The van der Waals surface area contributed by atoms with Crippen molar-refractivity contribution < 1.29 is 4.79 Å². The normalized spacial score (nSPS) is 24.8. The lowest BCUT2D eigenvalue weighted by atomic mass is 10.1. The Hall–Kier alpha value is -0.570. The fourth-order valence-corrected chi connectivity index (χ4v) is 1.85. The van der Waals surface area contributed by atoms with Gasteiger partial charge < -0.3 is 10.6 Å². The lowest BCUT2D eigenvalue weighted by Gasteiger charge is -2.30. The molecule has 13 heavy (non-hydrogen) atoms. The molecule has 74 valence electrons. The molecule has 2 N–H and O–H groups in total. The predicted molar refractivity (Wildman–Crippen MR) is 51.1 cm³/mol. The van der Waals surface area contributed by atoms with Crippen LogP contribution < -0.4 is 5.73 Å². The smallest absolute Gasteiger partial charge is 0.222 e. The van der Waals surface area contributed by atoms with Gasteiger partial charge in [0.1, 0.15) is 0 Å². The topological polar surface area (TPSA) is 46.3 Å². The van der Waals surface area contributed by atoms with Crippen LogP contribution in [0.5, 0.6) is 0 Å². The van der Waals surface area contributed by atoms with Crippen LogP contribution in [0.1, 0.15) is 32.1 Å². The number of hydrogen-bond acceptors (Lipinski definition) is 2. The van der Waals surface area contributed by atoms with E-state index in [1.165, 1.54) is 12.8 Å². The lowest BCUT2D eigenvalue weighted by Crippen LogP contribution is -2.42. The molecule has 1 amide bonds. The number of carbonyl (C=O) groups is 1. The van der Waals surface area contributed by atoms with Crippen molar-refractivity contribution in [1.82, 2.24) is 4.90 Å². The number of piperidine rings is 1. The highest BCUT2D eigenvalue weighted by Crippen LogP contribution is 2.33. The van der Waals surface area contributed by atoms with Gasteiger partial charge >= 0.3 is 0 Å². The lowest BCUT2D eigenvalue weighted by molar-refractivity contribution is -0.132. The minimum Gasteiger partial charge on any atom is -0.343 e. The van der Waals surface area contributed by atoms with Gasteiger partial charge in [0.15, 0.2) is 0 Å². The first-order valence-corrected chi connectivity index (χ1v) is 5.29.